The maximum atomic E-state index is 12.9. The number of fused-ring (bicyclic) bond motifs is 1. The molecule has 2 aliphatic heterocycles. The molecule has 0 unspecified atom stereocenters. The van der Waals surface area contributed by atoms with E-state index in [0.717, 1.165) is 11.3 Å². The number of benzene rings is 2. The topological polar surface area (TPSA) is 65.3 Å². The van der Waals surface area contributed by atoms with Crippen molar-refractivity contribution in [3.63, 3.8) is 0 Å². The van der Waals surface area contributed by atoms with Crippen LogP contribution in [-0.4, -0.2) is 23.9 Å². The van der Waals surface area contributed by atoms with Gasteiger partial charge in [-0.2, -0.15) is 5.11 Å². The molecule has 0 aliphatic carbocycles. The first-order valence-electron chi connectivity index (χ1n) is 7.37. The molecular weight excluding hydrogens is 292 g/mol. The number of carbonyl (C=O) groups is 2. The van der Waals surface area contributed by atoms with Gasteiger partial charge in [0.15, 0.2) is 12.1 Å². The summed E-state index contributed by atoms with van der Waals surface area (Å²) in [7, 11) is 0. The summed E-state index contributed by atoms with van der Waals surface area (Å²) in [5, 5.41) is 9.59. The summed E-state index contributed by atoms with van der Waals surface area (Å²) < 4.78 is 0. The standard InChI is InChI=1S/C17H14N4O2/c1-11-7-5-6-10-13(11)20-16(22)14-15(17(20)23)21(19-18-14)12-8-3-2-4-9-12/h2-10,14-15H,1H3/t14-,15+/m1/s1. The summed E-state index contributed by atoms with van der Waals surface area (Å²) in [5.74, 6) is -0.611. The normalized spacial score (nSPS) is 22.8. The highest BCUT2D eigenvalue weighted by atomic mass is 16.2. The Kier molecular flexibility index (Phi) is 2.97. The minimum Gasteiger partial charge on any atom is -0.271 e. The second-order valence-corrected chi connectivity index (χ2v) is 5.57. The Morgan fingerprint density at radius 3 is 2.35 bits per heavy atom. The SMILES string of the molecule is Cc1ccccc1N1C(=O)[C@@H]2[C@@H](N=NN2c2ccccc2)C1=O. The number of anilines is 2. The van der Waals surface area contributed by atoms with Gasteiger partial charge in [-0.3, -0.25) is 9.59 Å². The maximum absolute atomic E-state index is 12.9. The number of hydrogen-bond donors (Lipinski definition) is 0. The number of nitrogens with zero attached hydrogens (tertiary/aromatic N) is 4. The number of para-hydroxylation sites is 2. The molecule has 114 valence electrons. The first-order valence-corrected chi connectivity index (χ1v) is 7.37. The predicted octanol–water partition coefficient (Wildman–Crippen LogP) is 2.49. The zero-order valence-electron chi connectivity index (χ0n) is 12.5. The summed E-state index contributed by atoms with van der Waals surface area (Å²) in [6.07, 6.45) is 0. The van der Waals surface area contributed by atoms with Crippen LogP contribution in [0.3, 0.4) is 0 Å². The van der Waals surface area contributed by atoms with E-state index in [0.29, 0.717) is 5.69 Å². The van der Waals surface area contributed by atoms with E-state index >= 15 is 0 Å². The molecule has 0 spiro atoms. The Labute approximate surface area is 133 Å². The Bertz CT molecular complexity index is 818. The summed E-state index contributed by atoms with van der Waals surface area (Å²) in [6.45, 7) is 1.88. The van der Waals surface area contributed by atoms with Crippen LogP contribution in [0.4, 0.5) is 11.4 Å². The highest BCUT2D eigenvalue weighted by molar-refractivity contribution is 6.26. The molecule has 6 heteroatoms. The van der Waals surface area contributed by atoms with E-state index in [1.807, 2.05) is 55.5 Å². The van der Waals surface area contributed by atoms with Gasteiger partial charge in [0.1, 0.15) is 0 Å². The summed E-state index contributed by atoms with van der Waals surface area (Å²) >= 11 is 0. The van der Waals surface area contributed by atoms with Crippen LogP contribution in [0.1, 0.15) is 5.56 Å². The van der Waals surface area contributed by atoms with Crippen LogP contribution in [0.5, 0.6) is 0 Å². The van der Waals surface area contributed by atoms with Gasteiger partial charge in [-0.1, -0.05) is 41.6 Å². The number of aryl methyl sites for hydroxylation is 1. The molecule has 0 radical (unpaired) electrons. The van der Waals surface area contributed by atoms with E-state index in [1.54, 1.807) is 6.07 Å². The first kappa shape index (κ1) is 13.6. The number of hydrogen-bond acceptors (Lipinski definition) is 5. The average Bonchev–Trinajstić information content (AvgIpc) is 3.11. The van der Waals surface area contributed by atoms with Crippen molar-refractivity contribution < 1.29 is 9.59 Å². The van der Waals surface area contributed by atoms with Crippen LogP contribution in [0.2, 0.25) is 0 Å². The largest absolute Gasteiger partial charge is 0.271 e. The molecular formula is C17H14N4O2. The molecule has 2 heterocycles. The van der Waals surface area contributed by atoms with Gasteiger partial charge in [0.05, 0.1) is 11.4 Å². The molecule has 0 aromatic heterocycles. The lowest BCUT2D eigenvalue weighted by Crippen LogP contribution is -2.40. The Balaban J connectivity index is 1.74. The molecule has 6 nitrogen and oxygen atoms in total. The van der Waals surface area contributed by atoms with Crippen LogP contribution in [0, 0.1) is 6.92 Å². The predicted molar refractivity (Wildman–Crippen MR) is 85.0 cm³/mol. The fraction of sp³-hybridized carbons (Fsp3) is 0.176. The summed E-state index contributed by atoms with van der Waals surface area (Å²) in [6, 6.07) is 15.1. The molecule has 4 rings (SSSR count). The van der Waals surface area contributed by atoms with Crippen molar-refractivity contribution in [3.05, 3.63) is 60.2 Å². The zero-order chi connectivity index (χ0) is 16.0. The van der Waals surface area contributed by atoms with Gasteiger partial charge >= 0.3 is 0 Å². The number of amides is 2. The second kappa shape index (κ2) is 5.01. The molecule has 0 saturated carbocycles. The van der Waals surface area contributed by atoms with Crippen molar-refractivity contribution in [1.29, 1.82) is 0 Å². The van der Waals surface area contributed by atoms with E-state index in [1.165, 1.54) is 9.91 Å². The molecule has 2 aliphatic rings. The van der Waals surface area contributed by atoms with Gasteiger partial charge < -0.3 is 0 Å². The fourth-order valence-corrected chi connectivity index (χ4v) is 3.01. The second-order valence-electron chi connectivity index (χ2n) is 5.57. The third kappa shape index (κ3) is 1.95. The van der Waals surface area contributed by atoms with Crippen molar-refractivity contribution in [2.45, 2.75) is 19.0 Å². The maximum Gasteiger partial charge on any atom is 0.263 e. The fourth-order valence-electron chi connectivity index (χ4n) is 3.01. The van der Waals surface area contributed by atoms with Crippen LogP contribution >= 0.6 is 0 Å². The van der Waals surface area contributed by atoms with Gasteiger partial charge in [-0.05, 0) is 30.7 Å². The summed E-state index contributed by atoms with van der Waals surface area (Å²) in [4.78, 5) is 26.8. The number of imide groups is 1. The first-order chi connectivity index (χ1) is 11.2. The minimum absolute atomic E-state index is 0.289. The van der Waals surface area contributed by atoms with Crippen LogP contribution in [-0.2, 0) is 9.59 Å². The van der Waals surface area contributed by atoms with Gasteiger partial charge in [0, 0.05) is 0 Å². The lowest BCUT2D eigenvalue weighted by Gasteiger charge is -2.21. The highest BCUT2D eigenvalue weighted by Gasteiger charge is 2.55. The van der Waals surface area contributed by atoms with Gasteiger partial charge in [0.2, 0.25) is 0 Å². The lowest BCUT2D eigenvalue weighted by molar-refractivity contribution is -0.121. The summed E-state index contributed by atoms with van der Waals surface area (Å²) in [5.41, 5.74) is 2.23. The molecule has 1 saturated heterocycles. The molecule has 2 atom stereocenters. The third-order valence-electron chi connectivity index (χ3n) is 4.16. The van der Waals surface area contributed by atoms with Gasteiger partial charge in [0.25, 0.3) is 11.8 Å². The van der Waals surface area contributed by atoms with Crippen molar-refractivity contribution >= 4 is 23.2 Å². The molecule has 23 heavy (non-hydrogen) atoms. The Morgan fingerprint density at radius 2 is 1.61 bits per heavy atom. The molecule has 2 aromatic carbocycles. The smallest absolute Gasteiger partial charge is 0.263 e. The highest BCUT2D eigenvalue weighted by Crippen LogP contribution is 2.35. The van der Waals surface area contributed by atoms with E-state index in [9.17, 15) is 9.59 Å². The van der Waals surface area contributed by atoms with Crippen molar-refractivity contribution in [3.8, 4) is 0 Å². The zero-order valence-corrected chi connectivity index (χ0v) is 12.5. The van der Waals surface area contributed by atoms with Crippen LogP contribution in [0.25, 0.3) is 0 Å². The Hall–Kier alpha value is -3.02. The van der Waals surface area contributed by atoms with Gasteiger partial charge in [-0.15, -0.1) is 0 Å². The number of rotatable bonds is 2. The molecule has 0 N–H and O–H groups in total. The van der Waals surface area contributed by atoms with E-state index in [-0.39, 0.29) is 11.8 Å². The molecule has 1 fully saturated rings. The lowest BCUT2D eigenvalue weighted by atomic mass is 10.1. The van der Waals surface area contributed by atoms with Gasteiger partial charge in [-0.25, -0.2) is 9.91 Å². The van der Waals surface area contributed by atoms with E-state index in [4.69, 9.17) is 0 Å². The minimum atomic E-state index is -0.776. The Morgan fingerprint density at radius 1 is 0.913 bits per heavy atom. The van der Waals surface area contributed by atoms with Crippen molar-refractivity contribution in [1.82, 2.24) is 0 Å². The van der Waals surface area contributed by atoms with Crippen LogP contribution < -0.4 is 9.91 Å². The van der Waals surface area contributed by atoms with Crippen LogP contribution in [0.15, 0.2) is 64.9 Å². The van der Waals surface area contributed by atoms with Crippen molar-refractivity contribution in [2.24, 2.45) is 10.3 Å². The number of carbonyl (C=O) groups excluding carboxylic acids is 2. The van der Waals surface area contributed by atoms with E-state index < -0.39 is 12.1 Å². The van der Waals surface area contributed by atoms with Crippen molar-refractivity contribution in [2.75, 3.05) is 9.91 Å². The quantitative estimate of drug-likeness (QED) is 0.801. The molecule has 0 bridgehead atoms. The molecule has 2 aromatic rings. The average molecular weight is 306 g/mol. The monoisotopic (exact) mass is 306 g/mol. The van der Waals surface area contributed by atoms with E-state index in [2.05, 4.69) is 10.3 Å². The third-order valence-corrected chi connectivity index (χ3v) is 4.16. The molecule has 2 amide bonds.